The van der Waals surface area contributed by atoms with Gasteiger partial charge in [0.2, 0.25) is 0 Å². The zero-order valence-electron chi connectivity index (χ0n) is 11.0. The molecule has 6 nitrogen and oxygen atoms in total. The van der Waals surface area contributed by atoms with Crippen LogP contribution in [0.2, 0.25) is 10.0 Å². The number of nitrogens with one attached hydrogen (secondary N) is 1. The van der Waals surface area contributed by atoms with Gasteiger partial charge in [-0.1, -0.05) is 29.3 Å². The van der Waals surface area contributed by atoms with Gasteiger partial charge in [0.15, 0.2) is 0 Å². The second-order valence-electron chi connectivity index (χ2n) is 4.18. The number of hydrogen-bond donors (Lipinski definition) is 1. The number of hydrogen-bond acceptors (Lipinski definition) is 4. The second-order valence-corrected chi connectivity index (χ2v) is 4.99. The highest BCUT2D eigenvalue weighted by molar-refractivity contribution is 6.42. The van der Waals surface area contributed by atoms with Crippen LogP contribution < -0.4 is 5.43 Å². The van der Waals surface area contributed by atoms with Crippen LogP contribution in [0, 0.1) is 10.1 Å². The lowest BCUT2D eigenvalue weighted by atomic mass is 10.2. The molecule has 0 unspecified atom stereocenters. The van der Waals surface area contributed by atoms with Crippen LogP contribution >= 0.6 is 23.2 Å². The van der Waals surface area contributed by atoms with E-state index in [4.69, 9.17) is 23.2 Å². The highest BCUT2D eigenvalue weighted by Gasteiger charge is 2.08. The Hall–Kier alpha value is -2.44. The van der Waals surface area contributed by atoms with E-state index >= 15 is 0 Å². The smallest absolute Gasteiger partial charge is 0.267 e. The first-order valence-corrected chi connectivity index (χ1v) is 6.76. The Morgan fingerprint density at radius 2 is 1.82 bits per heavy atom. The minimum absolute atomic E-state index is 0.0872. The number of nitro groups is 1. The minimum Gasteiger partial charge on any atom is -0.267 e. The molecule has 0 aliphatic carbocycles. The Morgan fingerprint density at radius 3 is 2.41 bits per heavy atom. The average Bonchev–Trinajstić information content (AvgIpc) is 2.51. The van der Waals surface area contributed by atoms with Gasteiger partial charge < -0.3 is 0 Å². The SMILES string of the molecule is O=C(NN=Cc1ccc(Cl)c(Cl)c1)c1ccc([N+](=O)[O-])cc1. The fraction of sp³-hybridized carbons (Fsp3) is 0. The first-order chi connectivity index (χ1) is 10.5. The molecule has 2 rings (SSSR count). The molecule has 0 saturated carbocycles. The third kappa shape index (κ3) is 4.03. The highest BCUT2D eigenvalue weighted by Crippen LogP contribution is 2.21. The standard InChI is InChI=1S/C14H9Cl2N3O3/c15-12-6-1-9(7-13(12)16)8-17-18-14(20)10-2-4-11(5-3-10)19(21)22/h1-8H,(H,18,20). The van der Waals surface area contributed by atoms with Crippen LogP contribution in [0.5, 0.6) is 0 Å². The molecule has 1 amide bonds. The number of carbonyl (C=O) groups is 1. The molecule has 0 spiro atoms. The molecular weight excluding hydrogens is 329 g/mol. The van der Waals surface area contributed by atoms with E-state index in [1.54, 1.807) is 18.2 Å². The maximum atomic E-state index is 11.8. The molecular formula is C14H9Cl2N3O3. The van der Waals surface area contributed by atoms with E-state index in [9.17, 15) is 14.9 Å². The van der Waals surface area contributed by atoms with Crippen LogP contribution in [0.1, 0.15) is 15.9 Å². The first kappa shape index (κ1) is 15.9. The number of amides is 1. The van der Waals surface area contributed by atoms with Gasteiger partial charge in [-0.3, -0.25) is 14.9 Å². The van der Waals surface area contributed by atoms with Crippen molar-refractivity contribution in [3.63, 3.8) is 0 Å². The van der Waals surface area contributed by atoms with Crippen LogP contribution in [0.15, 0.2) is 47.6 Å². The molecule has 2 aromatic carbocycles. The third-order valence-electron chi connectivity index (χ3n) is 2.66. The summed E-state index contributed by atoms with van der Waals surface area (Å²) >= 11 is 11.6. The largest absolute Gasteiger partial charge is 0.271 e. The molecule has 0 aliphatic heterocycles. The van der Waals surface area contributed by atoms with Crippen molar-refractivity contribution >= 4 is 41.0 Å². The molecule has 0 radical (unpaired) electrons. The van der Waals surface area contributed by atoms with Crippen molar-refractivity contribution in [3.05, 3.63) is 73.8 Å². The minimum atomic E-state index is -0.538. The summed E-state index contributed by atoms with van der Waals surface area (Å²) < 4.78 is 0. The number of non-ortho nitro benzene ring substituents is 1. The van der Waals surface area contributed by atoms with Crippen LogP contribution in [0.3, 0.4) is 0 Å². The third-order valence-corrected chi connectivity index (χ3v) is 3.40. The Balaban J connectivity index is 2.01. The summed E-state index contributed by atoms with van der Waals surface area (Å²) in [6, 6.07) is 10.1. The number of nitrogens with zero attached hydrogens (tertiary/aromatic N) is 2. The van der Waals surface area contributed by atoms with Gasteiger partial charge in [-0.2, -0.15) is 5.10 Å². The van der Waals surface area contributed by atoms with Crippen molar-refractivity contribution in [2.24, 2.45) is 5.10 Å². The van der Waals surface area contributed by atoms with Crippen molar-refractivity contribution in [3.8, 4) is 0 Å². The van der Waals surface area contributed by atoms with Crippen LogP contribution in [-0.4, -0.2) is 17.0 Å². The van der Waals surface area contributed by atoms with E-state index in [0.29, 0.717) is 15.6 Å². The van der Waals surface area contributed by atoms with Crippen LogP contribution in [0.4, 0.5) is 5.69 Å². The van der Waals surface area contributed by atoms with Crippen LogP contribution in [0.25, 0.3) is 0 Å². The zero-order valence-corrected chi connectivity index (χ0v) is 12.5. The van der Waals surface area contributed by atoms with Gasteiger partial charge >= 0.3 is 0 Å². The monoisotopic (exact) mass is 337 g/mol. The van der Waals surface area contributed by atoms with Gasteiger partial charge in [-0.25, -0.2) is 5.43 Å². The predicted octanol–water partition coefficient (Wildman–Crippen LogP) is 3.67. The van der Waals surface area contributed by atoms with E-state index in [-0.39, 0.29) is 11.3 Å². The summed E-state index contributed by atoms with van der Waals surface area (Å²) in [7, 11) is 0. The number of halogens is 2. The van der Waals surface area contributed by atoms with Crippen LogP contribution in [-0.2, 0) is 0 Å². The van der Waals surface area contributed by atoms with Crippen molar-refractivity contribution in [1.82, 2.24) is 5.43 Å². The summed E-state index contributed by atoms with van der Waals surface area (Å²) in [6.45, 7) is 0. The Labute approximate surface area is 135 Å². The highest BCUT2D eigenvalue weighted by atomic mass is 35.5. The molecule has 1 N–H and O–H groups in total. The molecule has 0 aliphatic rings. The lowest BCUT2D eigenvalue weighted by Gasteiger charge is -2.00. The normalized spacial score (nSPS) is 10.6. The van der Waals surface area contributed by atoms with Gasteiger partial charge in [0.25, 0.3) is 11.6 Å². The quantitative estimate of drug-likeness (QED) is 0.524. The molecule has 22 heavy (non-hydrogen) atoms. The van der Waals surface area contributed by atoms with Crippen molar-refractivity contribution in [2.75, 3.05) is 0 Å². The lowest BCUT2D eigenvalue weighted by Crippen LogP contribution is -2.17. The fourth-order valence-electron chi connectivity index (χ4n) is 1.56. The molecule has 2 aromatic rings. The van der Waals surface area contributed by atoms with Crippen molar-refractivity contribution in [1.29, 1.82) is 0 Å². The van der Waals surface area contributed by atoms with Crippen molar-refractivity contribution < 1.29 is 9.72 Å². The van der Waals surface area contributed by atoms with Gasteiger partial charge in [-0.05, 0) is 29.8 Å². The lowest BCUT2D eigenvalue weighted by molar-refractivity contribution is -0.384. The van der Waals surface area contributed by atoms with E-state index in [1.807, 2.05) is 0 Å². The Kier molecular flexibility index (Phi) is 5.08. The molecule has 0 aromatic heterocycles. The van der Waals surface area contributed by atoms with E-state index < -0.39 is 10.8 Å². The van der Waals surface area contributed by atoms with Crippen molar-refractivity contribution in [2.45, 2.75) is 0 Å². The Morgan fingerprint density at radius 1 is 1.14 bits per heavy atom. The number of carbonyl (C=O) groups excluding carboxylic acids is 1. The van der Waals surface area contributed by atoms with E-state index in [2.05, 4.69) is 10.5 Å². The molecule has 8 heteroatoms. The van der Waals surface area contributed by atoms with Gasteiger partial charge in [0.05, 0.1) is 21.2 Å². The summed E-state index contributed by atoms with van der Waals surface area (Å²) in [5.74, 6) is -0.480. The average molecular weight is 338 g/mol. The molecule has 0 saturated heterocycles. The molecule has 0 atom stereocenters. The second kappa shape index (κ2) is 7.02. The summed E-state index contributed by atoms with van der Waals surface area (Å²) in [4.78, 5) is 21.8. The molecule has 0 fully saturated rings. The summed E-state index contributed by atoms with van der Waals surface area (Å²) in [5, 5.41) is 15.1. The number of rotatable bonds is 4. The zero-order chi connectivity index (χ0) is 16.1. The predicted molar refractivity (Wildman–Crippen MR) is 84.6 cm³/mol. The molecule has 0 heterocycles. The first-order valence-electron chi connectivity index (χ1n) is 6.00. The summed E-state index contributed by atoms with van der Waals surface area (Å²) in [5.41, 5.74) is 3.15. The topological polar surface area (TPSA) is 84.6 Å². The number of benzene rings is 2. The van der Waals surface area contributed by atoms with Gasteiger partial charge in [-0.15, -0.1) is 0 Å². The number of hydrazone groups is 1. The van der Waals surface area contributed by atoms with E-state index in [1.165, 1.54) is 30.5 Å². The number of nitro benzene ring substituents is 1. The molecule has 112 valence electrons. The maximum Gasteiger partial charge on any atom is 0.271 e. The Bertz CT molecular complexity index is 745. The van der Waals surface area contributed by atoms with Gasteiger partial charge in [0.1, 0.15) is 0 Å². The van der Waals surface area contributed by atoms with E-state index in [0.717, 1.165) is 0 Å². The van der Waals surface area contributed by atoms with Gasteiger partial charge in [0, 0.05) is 17.7 Å². The summed E-state index contributed by atoms with van der Waals surface area (Å²) in [6.07, 6.45) is 1.41. The fourth-order valence-corrected chi connectivity index (χ4v) is 1.86. The maximum absolute atomic E-state index is 11.8. The molecule has 0 bridgehead atoms.